The third kappa shape index (κ3) is 2.55. The van der Waals surface area contributed by atoms with Crippen molar-refractivity contribution >= 4 is 11.9 Å². The zero-order chi connectivity index (χ0) is 15.7. The van der Waals surface area contributed by atoms with E-state index in [1.807, 2.05) is 24.3 Å². The Hall–Kier alpha value is -2.76. The summed E-state index contributed by atoms with van der Waals surface area (Å²) in [5.41, 5.74) is 0.973. The largest absolute Gasteiger partial charge is 0.492 e. The minimum atomic E-state index is -1.04. The minimum absolute atomic E-state index is 0.110. The molecule has 0 aliphatic carbocycles. The number of carbonyl (C=O) groups excluding carboxylic acids is 1. The average Bonchev–Trinajstić information content (AvgIpc) is 3.08. The van der Waals surface area contributed by atoms with E-state index in [-0.39, 0.29) is 23.9 Å². The molecule has 2 heterocycles. The number of furan rings is 1. The van der Waals surface area contributed by atoms with Gasteiger partial charge in [0.2, 0.25) is 5.91 Å². The number of aryl methyl sites for hydroxylation is 1. The van der Waals surface area contributed by atoms with Gasteiger partial charge in [-0.05, 0) is 19.1 Å². The lowest BCUT2D eigenvalue weighted by molar-refractivity contribution is -0.123. The van der Waals surface area contributed by atoms with E-state index in [4.69, 9.17) is 14.3 Å². The summed E-state index contributed by atoms with van der Waals surface area (Å²) >= 11 is 0. The first-order chi connectivity index (χ1) is 10.6. The number of amides is 1. The number of carboxylic acids is 1. The average molecular weight is 301 g/mol. The summed E-state index contributed by atoms with van der Waals surface area (Å²) in [5.74, 6) is -0.106. The lowest BCUT2D eigenvalue weighted by atomic mass is 10.0. The number of carboxylic acid groups (broad SMARTS) is 1. The van der Waals surface area contributed by atoms with Gasteiger partial charge in [0.1, 0.15) is 35.4 Å². The fraction of sp³-hybridized carbons (Fsp3) is 0.250. The minimum Gasteiger partial charge on any atom is -0.492 e. The molecule has 1 amide bonds. The molecule has 1 aromatic heterocycles. The van der Waals surface area contributed by atoms with Gasteiger partial charge in [-0.2, -0.15) is 0 Å². The number of fused-ring (bicyclic) bond motifs is 1. The van der Waals surface area contributed by atoms with Crippen LogP contribution in [0.1, 0.15) is 33.4 Å². The first-order valence-electron chi connectivity index (χ1n) is 6.88. The number of nitrogens with one attached hydrogen (secondary N) is 1. The second kappa shape index (κ2) is 5.55. The SMILES string of the molecule is Cc1oc(CNC(=O)[C@@H]2COc3ccccc32)cc1C(=O)O. The molecule has 3 rings (SSSR count). The van der Waals surface area contributed by atoms with Gasteiger partial charge in [-0.15, -0.1) is 0 Å². The van der Waals surface area contributed by atoms with E-state index in [9.17, 15) is 9.59 Å². The van der Waals surface area contributed by atoms with Crippen LogP contribution < -0.4 is 10.1 Å². The highest BCUT2D eigenvalue weighted by Crippen LogP contribution is 2.33. The van der Waals surface area contributed by atoms with Crippen LogP contribution in [0.25, 0.3) is 0 Å². The molecule has 22 heavy (non-hydrogen) atoms. The van der Waals surface area contributed by atoms with Crippen LogP contribution >= 0.6 is 0 Å². The van der Waals surface area contributed by atoms with Crippen LogP contribution in [0.5, 0.6) is 5.75 Å². The van der Waals surface area contributed by atoms with Gasteiger partial charge in [-0.3, -0.25) is 4.79 Å². The molecule has 0 fully saturated rings. The van der Waals surface area contributed by atoms with Crippen molar-refractivity contribution in [2.75, 3.05) is 6.61 Å². The Morgan fingerprint density at radius 2 is 2.14 bits per heavy atom. The molecule has 0 saturated carbocycles. The van der Waals surface area contributed by atoms with Gasteiger partial charge in [0, 0.05) is 5.56 Å². The van der Waals surface area contributed by atoms with Gasteiger partial charge in [0.05, 0.1) is 6.54 Å². The van der Waals surface area contributed by atoms with Crippen molar-refractivity contribution in [2.45, 2.75) is 19.4 Å². The first kappa shape index (κ1) is 14.2. The van der Waals surface area contributed by atoms with E-state index in [0.717, 1.165) is 11.3 Å². The number of hydrogen-bond donors (Lipinski definition) is 2. The standard InChI is InChI=1S/C16H15NO5/c1-9-12(16(19)20)6-10(22-9)7-17-15(18)13-8-21-14-5-3-2-4-11(13)14/h2-6,13H,7-8H2,1H3,(H,17,18)(H,19,20)/t13-/m1/s1. The van der Waals surface area contributed by atoms with Gasteiger partial charge in [0.25, 0.3) is 0 Å². The molecular weight excluding hydrogens is 286 g/mol. The van der Waals surface area contributed by atoms with Gasteiger partial charge in [-0.25, -0.2) is 4.79 Å². The summed E-state index contributed by atoms with van der Waals surface area (Å²) in [4.78, 5) is 23.2. The second-order valence-corrected chi connectivity index (χ2v) is 5.11. The lowest BCUT2D eigenvalue weighted by Gasteiger charge is -2.09. The van der Waals surface area contributed by atoms with Crippen molar-refractivity contribution in [3.05, 3.63) is 53.0 Å². The lowest BCUT2D eigenvalue weighted by Crippen LogP contribution is -2.29. The fourth-order valence-corrected chi connectivity index (χ4v) is 2.52. The van der Waals surface area contributed by atoms with E-state index >= 15 is 0 Å². The Labute approximate surface area is 126 Å². The van der Waals surface area contributed by atoms with Gasteiger partial charge in [0.15, 0.2) is 0 Å². The highest BCUT2D eigenvalue weighted by molar-refractivity contribution is 5.89. The predicted octanol–water partition coefficient (Wildman–Crippen LogP) is 2.08. The second-order valence-electron chi connectivity index (χ2n) is 5.11. The molecule has 6 heteroatoms. The molecule has 1 aromatic carbocycles. The molecule has 114 valence electrons. The van der Waals surface area contributed by atoms with E-state index in [1.165, 1.54) is 6.07 Å². The van der Waals surface area contributed by atoms with Gasteiger partial charge in [-0.1, -0.05) is 18.2 Å². The summed E-state index contributed by atoms with van der Waals surface area (Å²) in [5, 5.41) is 11.7. The third-order valence-corrected chi connectivity index (χ3v) is 3.65. The highest BCUT2D eigenvalue weighted by atomic mass is 16.5. The van der Waals surface area contributed by atoms with Crippen LogP contribution in [0, 0.1) is 6.92 Å². The summed E-state index contributed by atoms with van der Waals surface area (Å²) in [6.07, 6.45) is 0. The zero-order valence-electron chi connectivity index (χ0n) is 12.0. The van der Waals surface area contributed by atoms with Gasteiger partial charge >= 0.3 is 5.97 Å². The Morgan fingerprint density at radius 1 is 1.36 bits per heavy atom. The fourth-order valence-electron chi connectivity index (χ4n) is 2.52. The smallest absolute Gasteiger partial charge is 0.339 e. The number of carbonyl (C=O) groups is 2. The first-order valence-corrected chi connectivity index (χ1v) is 6.88. The summed E-state index contributed by atoms with van der Waals surface area (Å²) in [7, 11) is 0. The number of ether oxygens (including phenoxy) is 1. The highest BCUT2D eigenvalue weighted by Gasteiger charge is 2.30. The van der Waals surface area contributed by atoms with Crippen LogP contribution in [0.15, 0.2) is 34.7 Å². The number of para-hydroxylation sites is 1. The molecule has 1 atom stereocenters. The molecular formula is C16H15NO5. The van der Waals surface area contributed by atoms with E-state index in [1.54, 1.807) is 6.92 Å². The topological polar surface area (TPSA) is 88.8 Å². The van der Waals surface area contributed by atoms with Crippen molar-refractivity contribution in [3.8, 4) is 5.75 Å². The van der Waals surface area contributed by atoms with Crippen molar-refractivity contribution in [1.29, 1.82) is 0 Å². The Kier molecular flexibility index (Phi) is 3.58. The molecule has 2 N–H and O–H groups in total. The normalized spacial score (nSPS) is 16.0. The molecule has 0 saturated heterocycles. The molecule has 0 bridgehead atoms. The molecule has 2 aromatic rings. The maximum Gasteiger partial charge on any atom is 0.339 e. The number of rotatable bonds is 4. The molecule has 1 aliphatic rings. The van der Waals surface area contributed by atoms with Crippen molar-refractivity contribution in [2.24, 2.45) is 0 Å². The van der Waals surface area contributed by atoms with Crippen LogP contribution in [0.4, 0.5) is 0 Å². The van der Waals surface area contributed by atoms with E-state index in [0.29, 0.717) is 18.1 Å². The Bertz CT molecular complexity index is 734. The maximum absolute atomic E-state index is 12.3. The Balaban J connectivity index is 1.66. The number of hydrogen-bond acceptors (Lipinski definition) is 4. The Morgan fingerprint density at radius 3 is 2.86 bits per heavy atom. The van der Waals surface area contributed by atoms with Crippen molar-refractivity contribution < 1.29 is 23.8 Å². The predicted molar refractivity (Wildman–Crippen MR) is 76.9 cm³/mol. The summed E-state index contributed by atoms with van der Waals surface area (Å²) < 4.78 is 10.8. The molecule has 0 spiro atoms. The zero-order valence-corrected chi connectivity index (χ0v) is 12.0. The van der Waals surface area contributed by atoms with Crippen LogP contribution in [0.2, 0.25) is 0 Å². The molecule has 0 radical (unpaired) electrons. The molecule has 1 aliphatic heterocycles. The van der Waals surface area contributed by atoms with Gasteiger partial charge < -0.3 is 19.6 Å². The third-order valence-electron chi connectivity index (χ3n) is 3.65. The summed E-state index contributed by atoms with van der Waals surface area (Å²) in [6.45, 7) is 2.03. The van der Waals surface area contributed by atoms with Crippen molar-refractivity contribution in [1.82, 2.24) is 5.32 Å². The van der Waals surface area contributed by atoms with E-state index < -0.39 is 5.97 Å². The maximum atomic E-state index is 12.3. The van der Waals surface area contributed by atoms with Crippen LogP contribution in [-0.4, -0.2) is 23.6 Å². The van der Waals surface area contributed by atoms with Crippen LogP contribution in [-0.2, 0) is 11.3 Å². The van der Waals surface area contributed by atoms with Crippen molar-refractivity contribution in [3.63, 3.8) is 0 Å². The summed E-state index contributed by atoms with van der Waals surface area (Å²) in [6, 6.07) is 8.85. The number of aromatic carboxylic acids is 1. The number of benzene rings is 1. The molecule has 6 nitrogen and oxygen atoms in total. The van der Waals surface area contributed by atoms with Crippen LogP contribution in [0.3, 0.4) is 0 Å². The van der Waals surface area contributed by atoms with E-state index in [2.05, 4.69) is 5.32 Å². The molecule has 0 unspecified atom stereocenters. The monoisotopic (exact) mass is 301 g/mol. The quantitative estimate of drug-likeness (QED) is 0.902.